The molecule has 0 N–H and O–H groups in total. The van der Waals surface area contributed by atoms with Crippen molar-refractivity contribution in [2.24, 2.45) is 5.92 Å². The van der Waals surface area contributed by atoms with E-state index in [2.05, 4.69) is 13.8 Å². The van der Waals surface area contributed by atoms with Gasteiger partial charge < -0.3 is 4.90 Å². The van der Waals surface area contributed by atoms with Crippen LogP contribution in [-0.2, 0) is 4.79 Å². The van der Waals surface area contributed by atoms with Gasteiger partial charge in [-0.25, -0.2) is 0 Å². The van der Waals surface area contributed by atoms with Gasteiger partial charge in [0.1, 0.15) is 0 Å². The van der Waals surface area contributed by atoms with Crippen molar-refractivity contribution in [2.45, 2.75) is 32.7 Å². The Hall–Kier alpha value is -2.17. The van der Waals surface area contributed by atoms with Crippen LogP contribution in [0.5, 0.6) is 0 Å². The van der Waals surface area contributed by atoms with Gasteiger partial charge in [0.05, 0.1) is 10.5 Å². The van der Waals surface area contributed by atoms with Crippen LogP contribution in [0.1, 0.15) is 32.3 Å². The average molecular weight is 288 g/mol. The third-order valence-corrected chi connectivity index (χ3v) is 3.37. The smallest absolute Gasteiger partial charge is 0.276 e. The predicted molar refractivity (Wildman–Crippen MR) is 81.7 cm³/mol. The molecule has 112 valence electrons. The number of amides is 1. The lowest BCUT2D eigenvalue weighted by atomic mass is 10.1. The molecule has 5 nitrogen and oxygen atoms in total. The quantitative estimate of drug-likeness (QED) is 0.458. The molecule has 5 heteroatoms. The Morgan fingerprint density at radius 2 is 2.10 bits per heavy atom. The van der Waals surface area contributed by atoms with Crippen molar-refractivity contribution in [2.75, 3.05) is 6.54 Å². The van der Waals surface area contributed by atoms with E-state index in [9.17, 15) is 14.9 Å². The fourth-order valence-corrected chi connectivity index (χ4v) is 2.25. The number of carbonyl (C=O) groups is 1. The van der Waals surface area contributed by atoms with Crippen LogP contribution >= 0.6 is 0 Å². The fourth-order valence-electron chi connectivity index (χ4n) is 2.25. The molecule has 0 heterocycles. The Bertz CT molecular complexity index is 562. The van der Waals surface area contributed by atoms with Gasteiger partial charge in [0.25, 0.3) is 5.69 Å². The molecule has 0 spiro atoms. The highest BCUT2D eigenvalue weighted by Gasteiger charge is 2.31. The van der Waals surface area contributed by atoms with Crippen LogP contribution in [0.3, 0.4) is 0 Å². The number of benzene rings is 1. The largest absolute Gasteiger partial charge is 0.336 e. The molecule has 2 rings (SSSR count). The van der Waals surface area contributed by atoms with Gasteiger partial charge in [-0.2, -0.15) is 0 Å². The van der Waals surface area contributed by atoms with E-state index in [1.54, 1.807) is 18.2 Å². The Morgan fingerprint density at radius 1 is 1.43 bits per heavy atom. The maximum absolute atomic E-state index is 12.3. The minimum Gasteiger partial charge on any atom is -0.336 e. The standard InChI is InChI=1S/C16H20N2O3/c1-12(2)11-17(14-8-9-14)16(19)10-7-13-5-3-4-6-15(13)18(20)21/h3-7,10,12,14H,8-9,11H2,1-2H3/b10-7+. The van der Waals surface area contributed by atoms with Gasteiger partial charge in [-0.15, -0.1) is 0 Å². The van der Waals surface area contributed by atoms with E-state index in [4.69, 9.17) is 0 Å². The third kappa shape index (κ3) is 4.15. The maximum atomic E-state index is 12.3. The molecule has 1 aliphatic carbocycles. The molecule has 1 aliphatic rings. The van der Waals surface area contributed by atoms with E-state index in [0.717, 1.165) is 19.4 Å². The zero-order valence-electron chi connectivity index (χ0n) is 12.4. The van der Waals surface area contributed by atoms with Gasteiger partial charge in [0.2, 0.25) is 5.91 Å². The summed E-state index contributed by atoms with van der Waals surface area (Å²) >= 11 is 0. The van der Waals surface area contributed by atoms with Crippen molar-refractivity contribution >= 4 is 17.7 Å². The molecule has 0 atom stereocenters. The summed E-state index contributed by atoms with van der Waals surface area (Å²) in [7, 11) is 0. The molecule has 0 saturated heterocycles. The maximum Gasteiger partial charge on any atom is 0.276 e. The van der Waals surface area contributed by atoms with Crippen LogP contribution in [0.2, 0.25) is 0 Å². The molecule has 0 unspecified atom stereocenters. The Labute approximate surface area is 124 Å². The molecule has 1 amide bonds. The van der Waals surface area contributed by atoms with E-state index < -0.39 is 4.92 Å². The normalized spacial score (nSPS) is 14.6. The number of carbonyl (C=O) groups excluding carboxylic acids is 1. The second kappa shape index (κ2) is 6.52. The lowest BCUT2D eigenvalue weighted by Gasteiger charge is -2.22. The number of rotatable bonds is 6. The molecule has 1 saturated carbocycles. The molecular formula is C16H20N2O3. The molecule has 0 aromatic heterocycles. The number of hydrogen-bond acceptors (Lipinski definition) is 3. The highest BCUT2D eigenvalue weighted by Crippen LogP contribution is 2.28. The number of para-hydroxylation sites is 1. The topological polar surface area (TPSA) is 63.5 Å². The summed E-state index contributed by atoms with van der Waals surface area (Å²) in [6.07, 6.45) is 5.09. The first-order chi connectivity index (χ1) is 9.99. The summed E-state index contributed by atoms with van der Waals surface area (Å²) in [4.78, 5) is 24.7. The molecule has 0 radical (unpaired) electrons. The van der Waals surface area contributed by atoms with Gasteiger partial charge in [0.15, 0.2) is 0 Å². The molecule has 0 aliphatic heterocycles. The van der Waals surface area contributed by atoms with E-state index in [-0.39, 0.29) is 11.6 Å². The summed E-state index contributed by atoms with van der Waals surface area (Å²) in [5.41, 5.74) is 0.472. The Balaban J connectivity index is 2.12. The summed E-state index contributed by atoms with van der Waals surface area (Å²) < 4.78 is 0. The second-order valence-corrected chi connectivity index (χ2v) is 5.76. The highest BCUT2D eigenvalue weighted by molar-refractivity contribution is 5.92. The lowest BCUT2D eigenvalue weighted by molar-refractivity contribution is -0.385. The van der Waals surface area contributed by atoms with Gasteiger partial charge >= 0.3 is 0 Å². The molecular weight excluding hydrogens is 268 g/mol. The van der Waals surface area contributed by atoms with Crippen LogP contribution in [-0.4, -0.2) is 28.3 Å². The molecule has 0 bridgehead atoms. The predicted octanol–water partition coefficient (Wildman–Crippen LogP) is 3.26. The van der Waals surface area contributed by atoms with Gasteiger partial charge in [0, 0.05) is 24.7 Å². The molecule has 1 aromatic rings. The minimum atomic E-state index is -0.434. The van der Waals surface area contributed by atoms with E-state index >= 15 is 0 Å². The van der Waals surface area contributed by atoms with E-state index in [1.807, 2.05) is 4.90 Å². The first-order valence-corrected chi connectivity index (χ1v) is 7.21. The Morgan fingerprint density at radius 3 is 2.67 bits per heavy atom. The van der Waals surface area contributed by atoms with Gasteiger partial charge in [-0.1, -0.05) is 26.0 Å². The molecule has 21 heavy (non-hydrogen) atoms. The average Bonchev–Trinajstić information content (AvgIpc) is 3.26. The van der Waals surface area contributed by atoms with Gasteiger partial charge in [-0.3, -0.25) is 14.9 Å². The van der Waals surface area contributed by atoms with Crippen LogP contribution in [0, 0.1) is 16.0 Å². The monoisotopic (exact) mass is 288 g/mol. The molecule has 1 aromatic carbocycles. The van der Waals surface area contributed by atoms with Gasteiger partial charge in [-0.05, 0) is 30.9 Å². The summed E-state index contributed by atoms with van der Waals surface area (Å²) in [6, 6.07) is 6.77. The number of nitro groups is 1. The minimum absolute atomic E-state index is 0.0170. The highest BCUT2D eigenvalue weighted by atomic mass is 16.6. The summed E-state index contributed by atoms with van der Waals surface area (Å²) in [6.45, 7) is 4.88. The first kappa shape index (κ1) is 15.2. The van der Waals surface area contributed by atoms with Crippen molar-refractivity contribution in [3.05, 3.63) is 46.0 Å². The summed E-state index contributed by atoms with van der Waals surface area (Å²) in [5.74, 6) is 0.346. The third-order valence-electron chi connectivity index (χ3n) is 3.37. The molecule has 1 fully saturated rings. The number of nitrogens with zero attached hydrogens (tertiary/aromatic N) is 2. The van der Waals surface area contributed by atoms with Crippen LogP contribution in [0.25, 0.3) is 6.08 Å². The van der Waals surface area contributed by atoms with Crippen LogP contribution < -0.4 is 0 Å². The van der Waals surface area contributed by atoms with Crippen molar-refractivity contribution in [1.82, 2.24) is 4.90 Å². The number of hydrogen-bond donors (Lipinski definition) is 0. The van der Waals surface area contributed by atoms with Crippen molar-refractivity contribution in [3.8, 4) is 0 Å². The number of nitro benzene ring substituents is 1. The van der Waals surface area contributed by atoms with Crippen LogP contribution in [0.4, 0.5) is 5.69 Å². The SMILES string of the molecule is CC(C)CN(C(=O)/C=C/c1ccccc1[N+](=O)[O-])C1CC1. The zero-order valence-corrected chi connectivity index (χ0v) is 12.4. The van der Waals surface area contributed by atoms with Crippen molar-refractivity contribution in [1.29, 1.82) is 0 Å². The van der Waals surface area contributed by atoms with Crippen molar-refractivity contribution in [3.63, 3.8) is 0 Å². The summed E-state index contributed by atoms with van der Waals surface area (Å²) in [5, 5.41) is 10.9. The Kier molecular flexibility index (Phi) is 4.73. The lowest BCUT2D eigenvalue weighted by Crippen LogP contribution is -2.34. The van der Waals surface area contributed by atoms with E-state index in [1.165, 1.54) is 18.2 Å². The second-order valence-electron chi connectivity index (χ2n) is 5.76. The first-order valence-electron chi connectivity index (χ1n) is 7.21. The van der Waals surface area contributed by atoms with Crippen LogP contribution in [0.15, 0.2) is 30.3 Å². The van der Waals surface area contributed by atoms with Crippen molar-refractivity contribution < 1.29 is 9.72 Å². The van der Waals surface area contributed by atoms with E-state index in [0.29, 0.717) is 17.5 Å². The zero-order chi connectivity index (χ0) is 15.4. The fraction of sp³-hybridized carbons (Fsp3) is 0.438.